The number of nitriles is 1. The normalized spacial score (nSPS) is 10.1. The van der Waals surface area contributed by atoms with Gasteiger partial charge in [0, 0.05) is 23.3 Å². The smallest absolute Gasteiger partial charge is 0.100 e. The molecule has 0 aliphatic carbocycles. The van der Waals surface area contributed by atoms with Crippen LogP contribution in [0.15, 0.2) is 11.4 Å². The molecule has 0 saturated heterocycles. The second kappa shape index (κ2) is 7.37. The van der Waals surface area contributed by atoms with Crippen LogP contribution in [0.3, 0.4) is 0 Å². The molecule has 15 heavy (non-hydrogen) atoms. The van der Waals surface area contributed by atoms with Crippen LogP contribution in [-0.2, 0) is 11.3 Å². The Morgan fingerprint density at radius 1 is 1.53 bits per heavy atom. The number of hydrogen-bond donors (Lipinski definition) is 2. The predicted octanol–water partition coefficient (Wildman–Crippen LogP) is 0.718. The summed E-state index contributed by atoms with van der Waals surface area (Å²) in [6.45, 7) is 2.56. The summed E-state index contributed by atoms with van der Waals surface area (Å²) in [5.74, 6) is 0. The molecule has 0 aliphatic heterocycles. The van der Waals surface area contributed by atoms with Crippen LogP contribution >= 0.6 is 11.3 Å². The lowest BCUT2D eigenvalue weighted by molar-refractivity contribution is 0.0938. The van der Waals surface area contributed by atoms with Gasteiger partial charge in [0.1, 0.15) is 6.07 Å². The van der Waals surface area contributed by atoms with E-state index in [0.29, 0.717) is 18.8 Å². The third-order valence-corrected chi connectivity index (χ3v) is 2.68. The first-order chi connectivity index (χ1) is 7.36. The van der Waals surface area contributed by atoms with Gasteiger partial charge in [0.05, 0.1) is 25.4 Å². The minimum atomic E-state index is 0.0659. The molecule has 1 aromatic rings. The van der Waals surface area contributed by atoms with E-state index in [1.54, 1.807) is 11.3 Å². The van der Waals surface area contributed by atoms with Crippen molar-refractivity contribution >= 4 is 11.3 Å². The highest BCUT2D eigenvalue weighted by atomic mass is 32.1. The van der Waals surface area contributed by atoms with Gasteiger partial charge in [-0.2, -0.15) is 5.26 Å². The molecule has 1 heterocycles. The van der Waals surface area contributed by atoms with Gasteiger partial charge < -0.3 is 15.2 Å². The molecular formula is C10H14N2O2S. The standard InChI is InChI=1S/C10H14N2O2S/c11-6-9-5-10(15-8-9)7-12-1-3-14-4-2-13/h5,8,12-13H,1-4,7H2. The highest BCUT2D eigenvalue weighted by Crippen LogP contribution is 2.12. The first-order valence-corrected chi connectivity index (χ1v) is 5.61. The van der Waals surface area contributed by atoms with E-state index >= 15 is 0 Å². The molecule has 5 heteroatoms. The van der Waals surface area contributed by atoms with E-state index in [4.69, 9.17) is 15.1 Å². The van der Waals surface area contributed by atoms with Gasteiger partial charge in [0.15, 0.2) is 0 Å². The number of hydrogen-bond acceptors (Lipinski definition) is 5. The predicted molar refractivity (Wildman–Crippen MR) is 58.6 cm³/mol. The van der Waals surface area contributed by atoms with E-state index in [0.717, 1.165) is 18.0 Å². The Bertz CT molecular complexity index is 319. The molecule has 0 spiro atoms. The van der Waals surface area contributed by atoms with Gasteiger partial charge in [-0.3, -0.25) is 0 Å². The van der Waals surface area contributed by atoms with Crippen LogP contribution in [0.4, 0.5) is 0 Å². The van der Waals surface area contributed by atoms with Gasteiger partial charge in [0.25, 0.3) is 0 Å². The average molecular weight is 226 g/mol. The van der Waals surface area contributed by atoms with E-state index in [2.05, 4.69) is 11.4 Å². The Kier molecular flexibility index (Phi) is 5.97. The van der Waals surface area contributed by atoms with E-state index in [1.165, 1.54) is 0 Å². The summed E-state index contributed by atoms with van der Waals surface area (Å²) in [6, 6.07) is 3.98. The molecule has 1 aromatic heterocycles. The molecule has 0 saturated carbocycles. The maximum atomic E-state index is 8.61. The molecule has 0 aromatic carbocycles. The van der Waals surface area contributed by atoms with Gasteiger partial charge in [-0.15, -0.1) is 11.3 Å². The average Bonchev–Trinajstić information content (AvgIpc) is 2.71. The van der Waals surface area contributed by atoms with Crippen LogP contribution in [0.1, 0.15) is 10.4 Å². The summed E-state index contributed by atoms with van der Waals surface area (Å²) in [5.41, 5.74) is 0.716. The van der Waals surface area contributed by atoms with E-state index in [9.17, 15) is 0 Å². The van der Waals surface area contributed by atoms with Crippen molar-refractivity contribution in [2.75, 3.05) is 26.4 Å². The van der Waals surface area contributed by atoms with E-state index in [1.807, 2.05) is 11.4 Å². The zero-order valence-electron chi connectivity index (χ0n) is 8.40. The SMILES string of the molecule is N#Cc1csc(CNCCOCCO)c1. The highest BCUT2D eigenvalue weighted by Gasteiger charge is 1.97. The maximum absolute atomic E-state index is 8.61. The zero-order valence-corrected chi connectivity index (χ0v) is 9.22. The number of aliphatic hydroxyl groups is 1. The lowest BCUT2D eigenvalue weighted by Gasteiger charge is -2.03. The third-order valence-electron chi connectivity index (χ3n) is 1.74. The second-order valence-corrected chi connectivity index (χ2v) is 3.92. The van der Waals surface area contributed by atoms with Crippen molar-refractivity contribution in [2.24, 2.45) is 0 Å². The summed E-state index contributed by atoms with van der Waals surface area (Å²) in [5, 5.41) is 22.1. The maximum Gasteiger partial charge on any atom is 0.100 e. The molecule has 0 aliphatic rings. The molecule has 0 atom stereocenters. The van der Waals surface area contributed by atoms with Gasteiger partial charge in [-0.25, -0.2) is 0 Å². The van der Waals surface area contributed by atoms with Crippen LogP contribution in [0.2, 0.25) is 0 Å². The number of aliphatic hydroxyl groups excluding tert-OH is 1. The zero-order chi connectivity index (χ0) is 10.9. The van der Waals surface area contributed by atoms with Crippen LogP contribution in [0.5, 0.6) is 0 Å². The Morgan fingerprint density at radius 2 is 2.40 bits per heavy atom. The fraction of sp³-hybridized carbons (Fsp3) is 0.500. The second-order valence-electron chi connectivity index (χ2n) is 2.93. The molecule has 0 amide bonds. The summed E-state index contributed by atoms with van der Waals surface area (Å²) in [4.78, 5) is 1.15. The molecule has 1 rings (SSSR count). The van der Waals surface area contributed by atoms with Gasteiger partial charge >= 0.3 is 0 Å². The molecule has 4 nitrogen and oxygen atoms in total. The monoisotopic (exact) mass is 226 g/mol. The fourth-order valence-corrected chi connectivity index (χ4v) is 1.83. The number of thiophene rings is 1. The van der Waals surface area contributed by atoms with Gasteiger partial charge in [0.2, 0.25) is 0 Å². The van der Waals surface area contributed by atoms with Crippen LogP contribution in [0.25, 0.3) is 0 Å². The van der Waals surface area contributed by atoms with Crippen molar-refractivity contribution in [1.29, 1.82) is 5.26 Å². The topological polar surface area (TPSA) is 65.3 Å². The number of nitrogens with one attached hydrogen (secondary N) is 1. The van der Waals surface area contributed by atoms with Gasteiger partial charge in [-0.05, 0) is 6.07 Å². The first kappa shape index (κ1) is 12.1. The van der Waals surface area contributed by atoms with Crippen molar-refractivity contribution < 1.29 is 9.84 Å². The number of rotatable bonds is 7. The number of ether oxygens (including phenoxy) is 1. The summed E-state index contributed by atoms with van der Waals surface area (Å²) < 4.78 is 5.09. The van der Waals surface area contributed by atoms with Crippen molar-refractivity contribution in [3.05, 3.63) is 21.9 Å². The summed E-state index contributed by atoms with van der Waals surface area (Å²) in [7, 11) is 0. The molecular weight excluding hydrogens is 212 g/mol. The first-order valence-electron chi connectivity index (χ1n) is 4.73. The Morgan fingerprint density at radius 3 is 3.07 bits per heavy atom. The highest BCUT2D eigenvalue weighted by molar-refractivity contribution is 7.10. The largest absolute Gasteiger partial charge is 0.394 e. The Balaban J connectivity index is 2.07. The summed E-state index contributed by atoms with van der Waals surface area (Å²) >= 11 is 1.58. The number of nitrogens with zero attached hydrogens (tertiary/aromatic N) is 1. The Labute approximate surface area is 93.1 Å². The van der Waals surface area contributed by atoms with Crippen molar-refractivity contribution in [3.63, 3.8) is 0 Å². The van der Waals surface area contributed by atoms with E-state index < -0.39 is 0 Å². The fourth-order valence-electron chi connectivity index (χ4n) is 1.05. The minimum Gasteiger partial charge on any atom is -0.394 e. The quantitative estimate of drug-likeness (QED) is 0.672. The molecule has 0 fully saturated rings. The molecule has 0 bridgehead atoms. The van der Waals surface area contributed by atoms with Crippen molar-refractivity contribution in [2.45, 2.75) is 6.54 Å². The van der Waals surface area contributed by atoms with Crippen molar-refractivity contribution in [1.82, 2.24) is 5.32 Å². The van der Waals surface area contributed by atoms with Crippen LogP contribution < -0.4 is 5.32 Å². The minimum absolute atomic E-state index is 0.0659. The van der Waals surface area contributed by atoms with Crippen molar-refractivity contribution in [3.8, 4) is 6.07 Å². The van der Waals surface area contributed by atoms with Crippen LogP contribution in [-0.4, -0.2) is 31.5 Å². The van der Waals surface area contributed by atoms with E-state index in [-0.39, 0.29) is 6.61 Å². The lowest BCUT2D eigenvalue weighted by atomic mass is 10.3. The lowest BCUT2D eigenvalue weighted by Crippen LogP contribution is -2.19. The van der Waals surface area contributed by atoms with Crippen LogP contribution in [0, 0.1) is 11.3 Å². The molecule has 82 valence electrons. The molecule has 0 unspecified atom stereocenters. The molecule has 0 radical (unpaired) electrons. The Hall–Kier alpha value is -0.930. The third kappa shape index (κ3) is 4.91. The van der Waals surface area contributed by atoms with Gasteiger partial charge in [-0.1, -0.05) is 0 Å². The summed E-state index contributed by atoms with van der Waals surface area (Å²) in [6.07, 6.45) is 0. The molecule has 2 N–H and O–H groups in total.